The van der Waals surface area contributed by atoms with E-state index >= 15 is 0 Å². The number of nitrogens with zero attached hydrogens (tertiary/aromatic N) is 2. The summed E-state index contributed by atoms with van der Waals surface area (Å²) in [6, 6.07) is 11.1. The van der Waals surface area contributed by atoms with Gasteiger partial charge in [-0.25, -0.2) is 8.42 Å². The van der Waals surface area contributed by atoms with Crippen molar-refractivity contribution in [2.24, 2.45) is 0 Å². The Bertz CT molecular complexity index is 782. The van der Waals surface area contributed by atoms with Crippen LogP contribution in [0, 0.1) is 0 Å². The van der Waals surface area contributed by atoms with Crippen molar-refractivity contribution in [3.05, 3.63) is 54.0 Å². The van der Waals surface area contributed by atoms with Crippen LogP contribution in [0.1, 0.15) is 32.1 Å². The largest absolute Gasteiger partial charge is 0.468 e. The van der Waals surface area contributed by atoms with Crippen molar-refractivity contribution < 1.29 is 12.8 Å². The maximum Gasteiger partial charge on any atom is 0.243 e. The first kappa shape index (κ1) is 18.2. The Morgan fingerprint density at radius 1 is 1.00 bits per heavy atom. The molecule has 136 valence electrons. The van der Waals surface area contributed by atoms with Crippen LogP contribution in [0.2, 0.25) is 0 Å². The molecule has 0 unspecified atom stereocenters. The molecule has 2 heterocycles. The quantitative estimate of drug-likeness (QED) is 0.839. The minimum absolute atomic E-state index is 0.0137. The molecule has 0 radical (unpaired) electrons. The van der Waals surface area contributed by atoms with Crippen LogP contribution in [-0.4, -0.2) is 43.8 Å². The molecule has 3 rings (SSSR count). The SMILES string of the molecule is CC(C)(C)c1ccc(S(=O)(=O)N2CCN(Cc3ccco3)CC2)cc1. The third kappa shape index (κ3) is 4.14. The summed E-state index contributed by atoms with van der Waals surface area (Å²) >= 11 is 0. The van der Waals surface area contributed by atoms with E-state index in [-0.39, 0.29) is 5.41 Å². The number of hydrogen-bond donors (Lipinski definition) is 0. The number of sulfonamides is 1. The van der Waals surface area contributed by atoms with E-state index in [9.17, 15) is 8.42 Å². The van der Waals surface area contributed by atoms with Crippen LogP contribution in [0.5, 0.6) is 0 Å². The zero-order chi connectivity index (χ0) is 18.1. The predicted octanol–water partition coefficient (Wildman–Crippen LogP) is 3.08. The van der Waals surface area contributed by atoms with Crippen molar-refractivity contribution in [3.63, 3.8) is 0 Å². The highest BCUT2D eigenvalue weighted by Crippen LogP contribution is 2.25. The van der Waals surface area contributed by atoms with E-state index in [0.717, 1.165) is 17.9 Å². The molecule has 0 saturated carbocycles. The maximum atomic E-state index is 12.9. The molecule has 0 bridgehead atoms. The monoisotopic (exact) mass is 362 g/mol. The fourth-order valence-corrected chi connectivity index (χ4v) is 4.45. The Balaban J connectivity index is 1.65. The molecule has 25 heavy (non-hydrogen) atoms. The first-order chi connectivity index (χ1) is 11.8. The van der Waals surface area contributed by atoms with Crippen LogP contribution >= 0.6 is 0 Å². The molecule has 0 N–H and O–H groups in total. The summed E-state index contributed by atoms with van der Waals surface area (Å²) in [5.41, 5.74) is 1.15. The van der Waals surface area contributed by atoms with Crippen molar-refractivity contribution in [2.45, 2.75) is 37.6 Å². The fourth-order valence-electron chi connectivity index (χ4n) is 3.03. The van der Waals surface area contributed by atoms with E-state index in [1.165, 1.54) is 0 Å². The standard InChI is InChI=1S/C19H26N2O3S/c1-19(2,3)16-6-8-18(9-7-16)25(22,23)21-12-10-20(11-13-21)15-17-5-4-14-24-17/h4-9,14H,10-13,15H2,1-3H3. The van der Waals surface area contributed by atoms with Crippen molar-refractivity contribution in [2.75, 3.05) is 26.2 Å². The minimum Gasteiger partial charge on any atom is -0.468 e. The molecule has 0 amide bonds. The molecule has 6 heteroatoms. The van der Waals surface area contributed by atoms with Crippen molar-refractivity contribution >= 4 is 10.0 Å². The summed E-state index contributed by atoms with van der Waals surface area (Å²) < 4.78 is 32.7. The van der Waals surface area contributed by atoms with Crippen molar-refractivity contribution in [1.29, 1.82) is 0 Å². The van der Waals surface area contributed by atoms with E-state index in [1.807, 2.05) is 24.3 Å². The second-order valence-electron chi connectivity index (χ2n) is 7.53. The lowest BCUT2D eigenvalue weighted by molar-refractivity contribution is 0.171. The highest BCUT2D eigenvalue weighted by Gasteiger charge is 2.29. The van der Waals surface area contributed by atoms with E-state index in [0.29, 0.717) is 31.1 Å². The van der Waals surface area contributed by atoms with Gasteiger partial charge in [0.05, 0.1) is 17.7 Å². The number of piperazine rings is 1. The van der Waals surface area contributed by atoms with Crippen LogP contribution in [-0.2, 0) is 22.0 Å². The van der Waals surface area contributed by atoms with E-state index in [2.05, 4.69) is 25.7 Å². The van der Waals surface area contributed by atoms with E-state index in [1.54, 1.807) is 22.7 Å². The lowest BCUT2D eigenvalue weighted by Gasteiger charge is -2.33. The van der Waals surface area contributed by atoms with Gasteiger partial charge in [-0.05, 0) is 35.2 Å². The molecule has 1 aliphatic rings. The highest BCUT2D eigenvalue weighted by molar-refractivity contribution is 7.89. The summed E-state index contributed by atoms with van der Waals surface area (Å²) in [5, 5.41) is 0. The molecular formula is C19H26N2O3S. The molecule has 0 aliphatic carbocycles. The maximum absolute atomic E-state index is 12.9. The van der Waals surface area contributed by atoms with Crippen LogP contribution in [0.25, 0.3) is 0 Å². The summed E-state index contributed by atoms with van der Waals surface area (Å²) in [5.74, 6) is 0.911. The number of hydrogen-bond acceptors (Lipinski definition) is 4. The summed E-state index contributed by atoms with van der Waals surface area (Å²) in [6.07, 6.45) is 1.66. The van der Waals surface area contributed by atoms with Crippen LogP contribution < -0.4 is 0 Å². The molecule has 1 aliphatic heterocycles. The second kappa shape index (κ2) is 6.94. The lowest BCUT2D eigenvalue weighted by Crippen LogP contribution is -2.48. The van der Waals surface area contributed by atoms with E-state index < -0.39 is 10.0 Å². The fraction of sp³-hybridized carbons (Fsp3) is 0.474. The van der Waals surface area contributed by atoms with Crippen molar-refractivity contribution in [1.82, 2.24) is 9.21 Å². The molecule has 2 aromatic rings. The third-order valence-electron chi connectivity index (χ3n) is 4.65. The van der Waals surface area contributed by atoms with Crippen LogP contribution in [0.15, 0.2) is 52.0 Å². The second-order valence-corrected chi connectivity index (χ2v) is 9.47. The first-order valence-corrected chi connectivity index (χ1v) is 10.1. The zero-order valence-corrected chi connectivity index (χ0v) is 15.9. The van der Waals surface area contributed by atoms with Gasteiger partial charge in [0.1, 0.15) is 5.76 Å². The topological polar surface area (TPSA) is 53.8 Å². The molecule has 1 fully saturated rings. The van der Waals surface area contributed by atoms with Gasteiger partial charge in [0.2, 0.25) is 10.0 Å². The van der Waals surface area contributed by atoms with Gasteiger partial charge in [0.25, 0.3) is 0 Å². The molecule has 5 nitrogen and oxygen atoms in total. The van der Waals surface area contributed by atoms with Crippen LogP contribution in [0.3, 0.4) is 0 Å². The van der Waals surface area contributed by atoms with Gasteiger partial charge in [-0.15, -0.1) is 0 Å². The summed E-state index contributed by atoms with van der Waals surface area (Å²) in [4.78, 5) is 2.59. The minimum atomic E-state index is -3.43. The van der Waals surface area contributed by atoms with Crippen molar-refractivity contribution in [3.8, 4) is 0 Å². The average Bonchev–Trinajstić information content (AvgIpc) is 3.08. The lowest BCUT2D eigenvalue weighted by atomic mass is 9.87. The van der Waals surface area contributed by atoms with E-state index in [4.69, 9.17) is 4.42 Å². The molecule has 1 aromatic heterocycles. The molecule has 1 aromatic carbocycles. The predicted molar refractivity (Wildman–Crippen MR) is 97.9 cm³/mol. The Morgan fingerprint density at radius 2 is 1.64 bits per heavy atom. The van der Waals surface area contributed by atoms with Gasteiger partial charge >= 0.3 is 0 Å². The van der Waals surface area contributed by atoms with Crippen LogP contribution in [0.4, 0.5) is 0 Å². The Kier molecular flexibility index (Phi) is 5.04. The Labute approximate surface area is 150 Å². The average molecular weight is 362 g/mol. The van der Waals surface area contributed by atoms with Gasteiger partial charge in [-0.1, -0.05) is 32.9 Å². The summed E-state index contributed by atoms with van der Waals surface area (Å²) in [6.45, 7) is 9.51. The molecule has 0 spiro atoms. The molecule has 0 atom stereocenters. The number of rotatable bonds is 4. The van der Waals surface area contributed by atoms with Gasteiger partial charge in [0, 0.05) is 26.2 Å². The molecule has 1 saturated heterocycles. The van der Waals surface area contributed by atoms with Gasteiger partial charge < -0.3 is 4.42 Å². The molecular weight excluding hydrogens is 336 g/mol. The summed E-state index contributed by atoms with van der Waals surface area (Å²) in [7, 11) is -3.43. The first-order valence-electron chi connectivity index (χ1n) is 8.62. The van der Waals surface area contributed by atoms with Gasteiger partial charge in [-0.3, -0.25) is 4.90 Å². The Morgan fingerprint density at radius 3 is 2.16 bits per heavy atom. The smallest absolute Gasteiger partial charge is 0.243 e. The van der Waals surface area contributed by atoms with Gasteiger partial charge in [0.15, 0.2) is 0 Å². The number of furan rings is 1. The number of benzene rings is 1. The highest BCUT2D eigenvalue weighted by atomic mass is 32.2. The van der Waals surface area contributed by atoms with Gasteiger partial charge in [-0.2, -0.15) is 4.31 Å². The normalized spacial score (nSPS) is 17.7. The third-order valence-corrected chi connectivity index (χ3v) is 6.56. The zero-order valence-electron chi connectivity index (χ0n) is 15.1. The Hall–Kier alpha value is -1.63.